The Balaban J connectivity index is 2.42. The molecule has 2 N–H and O–H groups in total. The van der Waals surface area contributed by atoms with Crippen molar-refractivity contribution in [2.24, 2.45) is 12.8 Å². The number of nitrogens with zero attached hydrogens (tertiary/aromatic N) is 3. The third kappa shape index (κ3) is 2.20. The SMILES string of the molecule is Cc1nc(N2CCC[C@H](N)C2)n(C)c(=O)c1C. The van der Waals surface area contributed by atoms with E-state index in [9.17, 15) is 4.79 Å². The van der Waals surface area contributed by atoms with Crippen molar-refractivity contribution < 1.29 is 0 Å². The van der Waals surface area contributed by atoms with Gasteiger partial charge in [0.1, 0.15) is 0 Å². The van der Waals surface area contributed by atoms with Gasteiger partial charge in [0.25, 0.3) is 5.56 Å². The molecular formula is C12H20N4O. The van der Waals surface area contributed by atoms with Crippen LogP contribution < -0.4 is 16.2 Å². The molecule has 0 radical (unpaired) electrons. The second kappa shape index (κ2) is 4.49. The lowest BCUT2D eigenvalue weighted by Gasteiger charge is -2.32. The summed E-state index contributed by atoms with van der Waals surface area (Å²) in [4.78, 5) is 18.6. The lowest BCUT2D eigenvalue weighted by molar-refractivity contribution is 0.492. The van der Waals surface area contributed by atoms with Crippen molar-refractivity contribution in [2.45, 2.75) is 32.7 Å². The van der Waals surface area contributed by atoms with Gasteiger partial charge < -0.3 is 10.6 Å². The number of hydrogen-bond acceptors (Lipinski definition) is 4. The van der Waals surface area contributed by atoms with Crippen molar-refractivity contribution >= 4 is 5.95 Å². The maximum atomic E-state index is 12.0. The number of aromatic nitrogens is 2. The van der Waals surface area contributed by atoms with E-state index in [0.29, 0.717) is 0 Å². The summed E-state index contributed by atoms with van der Waals surface area (Å²) in [5, 5.41) is 0. The summed E-state index contributed by atoms with van der Waals surface area (Å²) in [6.45, 7) is 5.40. The quantitative estimate of drug-likeness (QED) is 0.763. The summed E-state index contributed by atoms with van der Waals surface area (Å²) in [5.74, 6) is 0.744. The zero-order valence-corrected chi connectivity index (χ0v) is 10.7. The van der Waals surface area contributed by atoms with Crippen molar-refractivity contribution in [1.29, 1.82) is 0 Å². The molecule has 94 valence electrons. The van der Waals surface area contributed by atoms with Crippen LogP contribution in [0.4, 0.5) is 5.95 Å². The molecule has 0 spiro atoms. The van der Waals surface area contributed by atoms with E-state index in [-0.39, 0.29) is 11.6 Å². The van der Waals surface area contributed by atoms with Crippen molar-refractivity contribution in [3.63, 3.8) is 0 Å². The van der Waals surface area contributed by atoms with Gasteiger partial charge in [0.2, 0.25) is 5.95 Å². The van der Waals surface area contributed by atoms with E-state index < -0.39 is 0 Å². The maximum absolute atomic E-state index is 12.0. The second-order valence-corrected chi connectivity index (χ2v) is 4.83. The zero-order chi connectivity index (χ0) is 12.6. The normalized spacial score (nSPS) is 20.7. The molecule has 5 nitrogen and oxygen atoms in total. The van der Waals surface area contributed by atoms with Gasteiger partial charge in [-0.05, 0) is 26.7 Å². The van der Waals surface area contributed by atoms with Crippen LogP contribution >= 0.6 is 0 Å². The second-order valence-electron chi connectivity index (χ2n) is 4.83. The number of aryl methyl sites for hydroxylation is 1. The van der Waals surface area contributed by atoms with Gasteiger partial charge in [0.15, 0.2) is 0 Å². The number of hydrogen-bond donors (Lipinski definition) is 1. The molecule has 0 aliphatic carbocycles. The highest BCUT2D eigenvalue weighted by atomic mass is 16.1. The summed E-state index contributed by atoms with van der Waals surface area (Å²) >= 11 is 0. The molecule has 1 aromatic heterocycles. The first-order valence-electron chi connectivity index (χ1n) is 6.05. The molecule has 1 saturated heterocycles. The Morgan fingerprint density at radius 1 is 1.41 bits per heavy atom. The van der Waals surface area contributed by atoms with Crippen LogP contribution in [0.3, 0.4) is 0 Å². The van der Waals surface area contributed by atoms with Gasteiger partial charge in [-0.1, -0.05) is 0 Å². The van der Waals surface area contributed by atoms with E-state index in [2.05, 4.69) is 9.88 Å². The predicted molar refractivity (Wildman–Crippen MR) is 68.4 cm³/mol. The predicted octanol–water partition coefficient (Wildman–Crippen LogP) is 0.325. The molecule has 2 rings (SSSR count). The minimum atomic E-state index is 0.0339. The summed E-state index contributed by atoms with van der Waals surface area (Å²) in [6, 6.07) is 0.183. The highest BCUT2D eigenvalue weighted by Crippen LogP contribution is 2.16. The van der Waals surface area contributed by atoms with Gasteiger partial charge in [-0.25, -0.2) is 4.98 Å². The van der Waals surface area contributed by atoms with Crippen molar-refractivity contribution in [2.75, 3.05) is 18.0 Å². The molecule has 1 fully saturated rings. The standard InChI is InChI=1S/C12H20N4O/c1-8-9(2)14-12(15(3)11(8)17)16-6-4-5-10(13)7-16/h10H,4-7,13H2,1-3H3/t10-/m0/s1. The molecule has 2 heterocycles. The smallest absolute Gasteiger partial charge is 0.257 e. The summed E-state index contributed by atoms with van der Waals surface area (Å²) < 4.78 is 1.63. The summed E-state index contributed by atoms with van der Waals surface area (Å²) in [6.07, 6.45) is 2.11. The van der Waals surface area contributed by atoms with Crippen LogP contribution in [0, 0.1) is 13.8 Å². The Morgan fingerprint density at radius 3 is 2.76 bits per heavy atom. The van der Waals surface area contributed by atoms with Crippen molar-refractivity contribution in [3.8, 4) is 0 Å². The van der Waals surface area contributed by atoms with Crippen molar-refractivity contribution in [3.05, 3.63) is 21.6 Å². The molecule has 0 saturated carbocycles. The Labute approximate surface area is 101 Å². The minimum Gasteiger partial charge on any atom is -0.341 e. The molecule has 1 atom stereocenters. The first kappa shape index (κ1) is 12.1. The van der Waals surface area contributed by atoms with Crippen LogP contribution in [0.15, 0.2) is 4.79 Å². The van der Waals surface area contributed by atoms with E-state index in [1.54, 1.807) is 11.6 Å². The Bertz CT molecular complexity index is 480. The highest BCUT2D eigenvalue weighted by Gasteiger charge is 2.21. The molecule has 1 aromatic rings. The number of piperidine rings is 1. The van der Waals surface area contributed by atoms with Gasteiger partial charge in [0.05, 0.1) is 0 Å². The summed E-state index contributed by atoms with van der Waals surface area (Å²) in [5.41, 5.74) is 7.52. The monoisotopic (exact) mass is 236 g/mol. The molecule has 1 aliphatic heterocycles. The first-order chi connectivity index (χ1) is 8.00. The van der Waals surface area contributed by atoms with Gasteiger partial charge in [-0.15, -0.1) is 0 Å². The zero-order valence-electron chi connectivity index (χ0n) is 10.7. The van der Waals surface area contributed by atoms with Crippen LogP contribution in [-0.2, 0) is 7.05 Å². The van der Waals surface area contributed by atoms with Gasteiger partial charge in [-0.2, -0.15) is 0 Å². The molecule has 1 aliphatic rings. The Morgan fingerprint density at radius 2 is 2.12 bits per heavy atom. The lowest BCUT2D eigenvalue weighted by atomic mass is 10.1. The number of nitrogens with two attached hydrogens (primary N) is 1. The van der Waals surface area contributed by atoms with Crippen molar-refractivity contribution in [1.82, 2.24) is 9.55 Å². The highest BCUT2D eigenvalue weighted by molar-refractivity contribution is 5.35. The first-order valence-corrected chi connectivity index (χ1v) is 6.05. The summed E-state index contributed by atoms with van der Waals surface area (Å²) in [7, 11) is 1.78. The van der Waals surface area contributed by atoms with Gasteiger partial charge >= 0.3 is 0 Å². The van der Waals surface area contributed by atoms with Crippen LogP contribution in [-0.4, -0.2) is 28.7 Å². The molecule has 0 unspecified atom stereocenters. The average Bonchev–Trinajstić information content (AvgIpc) is 2.31. The molecular weight excluding hydrogens is 216 g/mol. The van der Waals surface area contributed by atoms with Crippen LogP contribution in [0.25, 0.3) is 0 Å². The fourth-order valence-corrected chi connectivity index (χ4v) is 2.28. The molecule has 0 bridgehead atoms. The van der Waals surface area contributed by atoms with Crippen LogP contribution in [0.5, 0.6) is 0 Å². The van der Waals surface area contributed by atoms with Crippen LogP contribution in [0.2, 0.25) is 0 Å². The fourth-order valence-electron chi connectivity index (χ4n) is 2.28. The minimum absolute atomic E-state index is 0.0339. The van der Waals surface area contributed by atoms with Gasteiger partial charge in [0, 0.05) is 37.4 Å². The third-order valence-corrected chi connectivity index (χ3v) is 3.48. The fraction of sp³-hybridized carbons (Fsp3) is 0.667. The Kier molecular flexibility index (Phi) is 3.19. The van der Waals surface area contributed by atoms with E-state index in [4.69, 9.17) is 5.73 Å². The van der Waals surface area contributed by atoms with E-state index >= 15 is 0 Å². The van der Waals surface area contributed by atoms with E-state index in [1.807, 2.05) is 13.8 Å². The number of anilines is 1. The largest absolute Gasteiger partial charge is 0.341 e. The topological polar surface area (TPSA) is 64.2 Å². The third-order valence-electron chi connectivity index (χ3n) is 3.48. The van der Waals surface area contributed by atoms with E-state index in [0.717, 1.165) is 43.1 Å². The lowest BCUT2D eigenvalue weighted by Crippen LogP contribution is -2.45. The molecule has 0 aromatic carbocycles. The molecule has 0 amide bonds. The Hall–Kier alpha value is -1.36. The average molecular weight is 236 g/mol. The van der Waals surface area contributed by atoms with Crippen LogP contribution in [0.1, 0.15) is 24.1 Å². The van der Waals surface area contributed by atoms with Gasteiger partial charge in [-0.3, -0.25) is 9.36 Å². The number of rotatable bonds is 1. The molecule has 17 heavy (non-hydrogen) atoms. The maximum Gasteiger partial charge on any atom is 0.257 e. The van der Waals surface area contributed by atoms with E-state index in [1.165, 1.54) is 0 Å². The molecule has 5 heteroatoms.